The van der Waals surface area contributed by atoms with Gasteiger partial charge in [-0.3, -0.25) is 4.79 Å². The number of amides is 1. The molecule has 0 unspecified atom stereocenters. The third-order valence-corrected chi connectivity index (χ3v) is 4.57. The highest BCUT2D eigenvalue weighted by atomic mass is 35.5. The van der Waals surface area contributed by atoms with Crippen LogP contribution in [0.25, 0.3) is 0 Å². The fourth-order valence-corrected chi connectivity index (χ4v) is 3.16. The number of halogens is 1. The molecule has 114 valence electrons. The monoisotopic (exact) mass is 309 g/mol. The number of nitrogens with one attached hydrogen (secondary N) is 1. The zero-order valence-corrected chi connectivity index (χ0v) is 12.7. The number of carbonyl (C=O) groups excluding carboxylic acids is 1. The average molecular weight is 310 g/mol. The van der Waals surface area contributed by atoms with Gasteiger partial charge in [0.15, 0.2) is 11.5 Å². The highest BCUT2D eigenvalue weighted by Gasteiger charge is 2.23. The van der Waals surface area contributed by atoms with Gasteiger partial charge in [0.1, 0.15) is 13.2 Å². The molecule has 1 heterocycles. The summed E-state index contributed by atoms with van der Waals surface area (Å²) in [5.41, 5.74) is 0.554. The molecule has 1 aromatic rings. The van der Waals surface area contributed by atoms with Gasteiger partial charge in [-0.25, -0.2) is 0 Å². The van der Waals surface area contributed by atoms with Crippen LogP contribution in [0.5, 0.6) is 11.5 Å². The average Bonchev–Trinajstić information content (AvgIpc) is 2.53. The molecule has 5 heteroatoms. The third-order valence-electron chi connectivity index (χ3n) is 4.14. The standard InChI is InChI=1S/C16H20ClNO3/c17-12-6-4-11(5-7-12)10-18-16(19)13-2-1-3-14-15(13)21-9-8-20-14/h1-3,11-12H,4-10H2,(H,18,19). The van der Waals surface area contributed by atoms with Crippen molar-refractivity contribution in [2.24, 2.45) is 5.92 Å². The summed E-state index contributed by atoms with van der Waals surface area (Å²) < 4.78 is 11.1. The van der Waals surface area contributed by atoms with Gasteiger partial charge in [-0.15, -0.1) is 11.6 Å². The first-order chi connectivity index (χ1) is 10.2. The van der Waals surface area contributed by atoms with Crippen molar-refractivity contribution in [3.05, 3.63) is 23.8 Å². The van der Waals surface area contributed by atoms with E-state index in [-0.39, 0.29) is 5.91 Å². The van der Waals surface area contributed by atoms with Crippen molar-refractivity contribution in [3.8, 4) is 11.5 Å². The van der Waals surface area contributed by atoms with E-state index < -0.39 is 0 Å². The normalized spacial score (nSPS) is 24.4. The number of alkyl halides is 1. The van der Waals surface area contributed by atoms with E-state index in [1.54, 1.807) is 6.07 Å². The van der Waals surface area contributed by atoms with Crippen molar-refractivity contribution in [1.82, 2.24) is 5.32 Å². The van der Waals surface area contributed by atoms with Crippen molar-refractivity contribution >= 4 is 17.5 Å². The van der Waals surface area contributed by atoms with Crippen LogP contribution in [0, 0.1) is 5.92 Å². The molecule has 1 aliphatic carbocycles. The molecule has 1 aromatic carbocycles. The number of fused-ring (bicyclic) bond motifs is 1. The Hall–Kier alpha value is -1.42. The molecule has 0 saturated heterocycles. The van der Waals surface area contributed by atoms with Crippen molar-refractivity contribution in [3.63, 3.8) is 0 Å². The molecule has 0 spiro atoms. The van der Waals surface area contributed by atoms with Crippen molar-refractivity contribution in [2.45, 2.75) is 31.1 Å². The van der Waals surface area contributed by atoms with Gasteiger partial charge >= 0.3 is 0 Å². The fraction of sp³-hybridized carbons (Fsp3) is 0.562. The number of para-hydroxylation sites is 1. The van der Waals surface area contributed by atoms with Gasteiger partial charge in [0.2, 0.25) is 0 Å². The third kappa shape index (κ3) is 3.43. The predicted molar refractivity (Wildman–Crippen MR) is 81.4 cm³/mol. The van der Waals surface area contributed by atoms with Gasteiger partial charge < -0.3 is 14.8 Å². The summed E-state index contributed by atoms with van der Waals surface area (Å²) in [6.45, 7) is 1.71. The highest BCUT2D eigenvalue weighted by molar-refractivity contribution is 6.20. The molecule has 1 aliphatic heterocycles. The number of ether oxygens (including phenoxy) is 2. The SMILES string of the molecule is O=C(NCC1CCC(Cl)CC1)c1cccc2c1OCCO2. The van der Waals surface area contributed by atoms with Gasteiger partial charge in [-0.2, -0.15) is 0 Å². The Labute approximate surface area is 129 Å². The van der Waals surface area contributed by atoms with Crippen LogP contribution in [0.3, 0.4) is 0 Å². The van der Waals surface area contributed by atoms with Crippen LogP contribution < -0.4 is 14.8 Å². The van der Waals surface area contributed by atoms with Gasteiger partial charge in [0.25, 0.3) is 5.91 Å². The van der Waals surface area contributed by atoms with E-state index in [9.17, 15) is 4.79 Å². The topological polar surface area (TPSA) is 47.6 Å². The van der Waals surface area contributed by atoms with Gasteiger partial charge in [0, 0.05) is 11.9 Å². The molecular weight excluding hydrogens is 290 g/mol. The molecule has 0 bridgehead atoms. The molecule has 1 N–H and O–H groups in total. The predicted octanol–water partition coefficient (Wildman–Crippen LogP) is 2.99. The lowest BCUT2D eigenvalue weighted by Gasteiger charge is -2.25. The Morgan fingerprint density at radius 3 is 2.76 bits per heavy atom. The van der Waals surface area contributed by atoms with Crippen LogP contribution in [-0.2, 0) is 0 Å². The quantitative estimate of drug-likeness (QED) is 0.873. The second-order valence-corrected chi connectivity index (χ2v) is 6.28. The van der Waals surface area contributed by atoms with Crippen LogP contribution in [0.1, 0.15) is 36.0 Å². The molecule has 3 rings (SSSR count). The number of hydrogen-bond acceptors (Lipinski definition) is 3. The molecule has 4 nitrogen and oxygen atoms in total. The van der Waals surface area contributed by atoms with E-state index in [0.29, 0.717) is 48.1 Å². The minimum absolute atomic E-state index is 0.0923. The minimum atomic E-state index is -0.0923. The summed E-state index contributed by atoms with van der Waals surface area (Å²) >= 11 is 6.10. The van der Waals surface area contributed by atoms with E-state index in [1.165, 1.54) is 0 Å². The number of rotatable bonds is 3. The molecule has 21 heavy (non-hydrogen) atoms. The van der Waals surface area contributed by atoms with Gasteiger partial charge in [0.05, 0.1) is 5.56 Å². The number of benzene rings is 1. The van der Waals surface area contributed by atoms with E-state index in [0.717, 1.165) is 25.7 Å². The van der Waals surface area contributed by atoms with Crippen LogP contribution in [-0.4, -0.2) is 31.0 Å². The second-order valence-electron chi connectivity index (χ2n) is 5.66. The molecule has 0 radical (unpaired) electrons. The molecule has 1 fully saturated rings. The lowest BCUT2D eigenvalue weighted by Crippen LogP contribution is -2.32. The largest absolute Gasteiger partial charge is 0.486 e. The zero-order chi connectivity index (χ0) is 14.7. The Bertz CT molecular complexity index is 512. The molecule has 1 saturated carbocycles. The van der Waals surface area contributed by atoms with Crippen LogP contribution in [0.15, 0.2) is 18.2 Å². The lowest BCUT2D eigenvalue weighted by molar-refractivity contribution is 0.0932. The Balaban J connectivity index is 1.61. The summed E-state index contributed by atoms with van der Waals surface area (Å²) in [6.07, 6.45) is 4.25. The number of carbonyl (C=O) groups is 1. The van der Waals surface area contributed by atoms with E-state index in [2.05, 4.69) is 5.32 Å². The summed E-state index contributed by atoms with van der Waals surface area (Å²) in [5, 5.41) is 3.32. The molecule has 2 aliphatic rings. The van der Waals surface area contributed by atoms with E-state index in [4.69, 9.17) is 21.1 Å². The summed E-state index contributed by atoms with van der Waals surface area (Å²) in [6, 6.07) is 5.42. The number of hydrogen-bond donors (Lipinski definition) is 1. The van der Waals surface area contributed by atoms with E-state index in [1.807, 2.05) is 12.1 Å². The van der Waals surface area contributed by atoms with Crippen LogP contribution >= 0.6 is 11.6 Å². The smallest absolute Gasteiger partial charge is 0.255 e. The summed E-state index contributed by atoms with van der Waals surface area (Å²) in [5.74, 6) is 1.65. The Morgan fingerprint density at radius 2 is 1.95 bits per heavy atom. The maximum absolute atomic E-state index is 12.4. The Kier molecular flexibility index (Phi) is 4.54. The van der Waals surface area contributed by atoms with Crippen molar-refractivity contribution in [2.75, 3.05) is 19.8 Å². The highest BCUT2D eigenvalue weighted by Crippen LogP contribution is 2.33. The molecule has 0 aromatic heterocycles. The van der Waals surface area contributed by atoms with E-state index >= 15 is 0 Å². The van der Waals surface area contributed by atoms with Crippen LogP contribution in [0.2, 0.25) is 0 Å². The lowest BCUT2D eigenvalue weighted by atomic mass is 9.89. The van der Waals surface area contributed by atoms with Crippen molar-refractivity contribution < 1.29 is 14.3 Å². The molecule has 0 atom stereocenters. The Morgan fingerprint density at radius 1 is 1.19 bits per heavy atom. The van der Waals surface area contributed by atoms with Gasteiger partial charge in [-0.05, 0) is 43.7 Å². The molecular formula is C16H20ClNO3. The van der Waals surface area contributed by atoms with Crippen molar-refractivity contribution in [1.29, 1.82) is 0 Å². The first-order valence-electron chi connectivity index (χ1n) is 7.55. The zero-order valence-electron chi connectivity index (χ0n) is 11.9. The first-order valence-corrected chi connectivity index (χ1v) is 7.98. The fourth-order valence-electron chi connectivity index (χ4n) is 2.91. The van der Waals surface area contributed by atoms with Crippen LogP contribution in [0.4, 0.5) is 0 Å². The molecule has 1 amide bonds. The second kappa shape index (κ2) is 6.56. The summed E-state index contributed by atoms with van der Waals surface area (Å²) in [7, 11) is 0. The van der Waals surface area contributed by atoms with Gasteiger partial charge in [-0.1, -0.05) is 6.07 Å². The maximum atomic E-state index is 12.4. The summed E-state index contributed by atoms with van der Waals surface area (Å²) in [4.78, 5) is 12.4. The maximum Gasteiger partial charge on any atom is 0.255 e. The minimum Gasteiger partial charge on any atom is -0.486 e. The first kappa shape index (κ1) is 14.5.